The Morgan fingerprint density at radius 2 is 1.70 bits per heavy atom. The second-order valence-electron chi connectivity index (χ2n) is 12.4. The van der Waals surface area contributed by atoms with E-state index in [9.17, 15) is 18.4 Å². The topological polar surface area (TPSA) is 94.7 Å². The average Bonchev–Trinajstić information content (AvgIpc) is 3.52. The van der Waals surface area contributed by atoms with Crippen molar-refractivity contribution in [3.63, 3.8) is 0 Å². The Labute approximate surface area is 269 Å². The number of halogens is 4. The summed E-state index contributed by atoms with van der Waals surface area (Å²) in [7, 11) is 0. The van der Waals surface area contributed by atoms with Gasteiger partial charge in [0.15, 0.2) is 11.6 Å². The summed E-state index contributed by atoms with van der Waals surface area (Å²) in [6.07, 6.45) is 5.15. The summed E-state index contributed by atoms with van der Waals surface area (Å²) in [6.45, 7) is 8.63. The molecule has 1 fully saturated rings. The van der Waals surface area contributed by atoms with Crippen molar-refractivity contribution < 1.29 is 13.2 Å². The van der Waals surface area contributed by atoms with Crippen molar-refractivity contribution in [1.82, 2.24) is 24.9 Å². The summed E-state index contributed by atoms with van der Waals surface area (Å²) in [5.74, 6) is -3.36. The lowest BCUT2D eigenvalue weighted by atomic mass is 9.98. The predicted octanol–water partition coefficient (Wildman–Crippen LogP) is 8.15. The predicted molar refractivity (Wildman–Crippen MR) is 173 cm³/mol. The molecule has 0 bridgehead atoms. The number of anilines is 3. The third-order valence-corrected chi connectivity index (χ3v) is 8.65. The number of hydrogen-bond donors (Lipinski definition) is 2. The lowest BCUT2D eigenvalue weighted by molar-refractivity contribution is 0.0866. The Morgan fingerprint density at radius 3 is 2.35 bits per heavy atom. The minimum Gasteiger partial charge on any atom is -0.373 e. The highest BCUT2D eigenvalue weighted by atomic mass is 35.5. The van der Waals surface area contributed by atoms with Gasteiger partial charge in [-0.05, 0) is 51.3 Å². The molecule has 0 aliphatic carbocycles. The number of nitrogens with zero attached hydrogens (tertiary/aromatic N) is 6. The van der Waals surface area contributed by atoms with Crippen LogP contribution in [-0.2, 0) is 0 Å². The molecule has 1 saturated heterocycles. The van der Waals surface area contributed by atoms with Gasteiger partial charge in [-0.25, -0.2) is 17.9 Å². The van der Waals surface area contributed by atoms with Crippen LogP contribution in [0.1, 0.15) is 62.5 Å². The molecule has 46 heavy (non-hydrogen) atoms. The largest absolute Gasteiger partial charge is 0.373 e. The Balaban J connectivity index is 1.36. The molecule has 0 radical (unpaired) electrons. The fourth-order valence-electron chi connectivity index (χ4n) is 5.89. The number of benzene rings is 3. The van der Waals surface area contributed by atoms with Crippen molar-refractivity contribution in [3.8, 4) is 6.07 Å². The van der Waals surface area contributed by atoms with Crippen molar-refractivity contribution in [1.29, 1.82) is 5.26 Å². The van der Waals surface area contributed by atoms with Gasteiger partial charge < -0.3 is 10.6 Å². The van der Waals surface area contributed by atoms with Gasteiger partial charge in [0.1, 0.15) is 23.3 Å². The molecule has 236 valence electrons. The van der Waals surface area contributed by atoms with Gasteiger partial charge in [0.25, 0.3) is 0 Å². The van der Waals surface area contributed by atoms with E-state index in [1.165, 1.54) is 6.20 Å². The van der Waals surface area contributed by atoms with E-state index in [2.05, 4.69) is 51.6 Å². The number of hydrogen-bond acceptors (Lipinski definition) is 7. The second kappa shape index (κ2) is 12.6. The normalized spacial score (nSPS) is 15.1. The van der Waals surface area contributed by atoms with Gasteiger partial charge in [-0.15, -0.1) is 5.10 Å². The van der Waals surface area contributed by atoms with E-state index in [-0.39, 0.29) is 27.9 Å². The van der Waals surface area contributed by atoms with Crippen LogP contribution in [0.25, 0.3) is 10.9 Å². The Kier molecular flexibility index (Phi) is 8.59. The molecule has 6 rings (SSSR count). The maximum Gasteiger partial charge on any atom is 0.152 e. The van der Waals surface area contributed by atoms with E-state index in [0.29, 0.717) is 34.4 Å². The fraction of sp³-hybridized carbons (Fsp3) is 0.294. The second-order valence-corrected chi connectivity index (χ2v) is 12.8. The first-order chi connectivity index (χ1) is 22.0. The molecule has 2 N–H and O–H groups in total. The van der Waals surface area contributed by atoms with Crippen molar-refractivity contribution in [2.75, 3.05) is 23.7 Å². The molecule has 3 aromatic carbocycles. The third kappa shape index (κ3) is 6.36. The number of piperidine rings is 1. The van der Waals surface area contributed by atoms with Gasteiger partial charge in [-0.3, -0.25) is 9.88 Å². The first-order valence-electron chi connectivity index (χ1n) is 14.9. The SMILES string of the molecule is CC(C)(C)N1CCC(n2cc(C(Nc3cc(Cl)c4ncc(C#N)c(Nc5c(F)cc(F)cc5F)c4c3)c3ccccc3)nn2)CC1. The zero-order valence-corrected chi connectivity index (χ0v) is 26.3. The Morgan fingerprint density at radius 1 is 1.00 bits per heavy atom. The molecule has 1 aliphatic heterocycles. The summed E-state index contributed by atoms with van der Waals surface area (Å²) < 4.78 is 44.9. The maximum atomic E-state index is 14.6. The number of aromatic nitrogens is 4. The Bertz CT molecular complexity index is 1900. The van der Waals surface area contributed by atoms with Gasteiger partial charge in [0.2, 0.25) is 0 Å². The number of nitriles is 1. The molecule has 5 aromatic rings. The number of fused-ring (bicyclic) bond motifs is 1. The lowest BCUT2D eigenvalue weighted by Gasteiger charge is -2.40. The molecular weight excluding hydrogens is 613 g/mol. The van der Waals surface area contributed by atoms with Crippen molar-refractivity contribution in [2.24, 2.45) is 0 Å². The van der Waals surface area contributed by atoms with E-state index in [1.807, 2.05) is 47.3 Å². The maximum absolute atomic E-state index is 14.6. The van der Waals surface area contributed by atoms with Crippen LogP contribution >= 0.6 is 11.6 Å². The molecule has 3 heterocycles. The van der Waals surface area contributed by atoms with Gasteiger partial charge in [-0.1, -0.05) is 47.1 Å². The van der Waals surface area contributed by atoms with Gasteiger partial charge in [-0.2, -0.15) is 5.26 Å². The van der Waals surface area contributed by atoms with Gasteiger partial charge in [0, 0.05) is 48.0 Å². The summed E-state index contributed by atoms with van der Waals surface area (Å²) in [4.78, 5) is 6.81. The summed E-state index contributed by atoms with van der Waals surface area (Å²) in [6, 6.07) is 16.0. The van der Waals surface area contributed by atoms with E-state index < -0.39 is 29.2 Å². The summed E-state index contributed by atoms with van der Waals surface area (Å²) in [5, 5.41) is 25.7. The highest BCUT2D eigenvalue weighted by Gasteiger charge is 2.29. The summed E-state index contributed by atoms with van der Waals surface area (Å²) >= 11 is 6.69. The number of rotatable bonds is 7. The van der Waals surface area contributed by atoms with Crippen LogP contribution in [0, 0.1) is 28.8 Å². The molecular formula is C34H32ClF3N8. The van der Waals surface area contributed by atoms with Crippen LogP contribution in [0.15, 0.2) is 67.0 Å². The highest BCUT2D eigenvalue weighted by Crippen LogP contribution is 2.38. The van der Waals surface area contributed by atoms with Crippen molar-refractivity contribution >= 4 is 39.6 Å². The van der Waals surface area contributed by atoms with Crippen molar-refractivity contribution in [2.45, 2.75) is 51.2 Å². The van der Waals surface area contributed by atoms with E-state index in [1.54, 1.807) is 12.1 Å². The quantitative estimate of drug-likeness (QED) is 0.185. The van der Waals surface area contributed by atoms with Crippen molar-refractivity contribution in [3.05, 3.63) is 106 Å². The minimum absolute atomic E-state index is 0.0175. The molecule has 1 atom stereocenters. The van der Waals surface area contributed by atoms with E-state index >= 15 is 0 Å². The van der Waals surface area contributed by atoms with Crippen LogP contribution in [0.2, 0.25) is 5.02 Å². The first kappa shape index (κ1) is 31.3. The standard InChI is InChI=1S/C34H32ClF3N8/c1-34(2,3)45-11-9-24(10-12-45)46-19-29(43-44-46)31(20-7-5-4-6-8-20)41-23-15-25-30(21(17-39)18-40-32(25)26(35)16-23)42-33-27(37)13-22(36)14-28(33)38/h4-8,13-16,18-19,24,31,41H,9-12H2,1-3H3,(H,40,42). The third-order valence-electron chi connectivity index (χ3n) is 8.36. The highest BCUT2D eigenvalue weighted by molar-refractivity contribution is 6.36. The average molecular weight is 645 g/mol. The van der Waals surface area contributed by atoms with E-state index in [4.69, 9.17) is 11.6 Å². The van der Waals surface area contributed by atoms with Crippen LogP contribution in [0.5, 0.6) is 0 Å². The molecule has 1 unspecified atom stereocenters. The molecule has 2 aromatic heterocycles. The fourth-order valence-corrected chi connectivity index (χ4v) is 6.16. The van der Waals surface area contributed by atoms with Gasteiger partial charge >= 0.3 is 0 Å². The number of nitrogens with one attached hydrogen (secondary N) is 2. The van der Waals surface area contributed by atoms with Crippen LogP contribution < -0.4 is 10.6 Å². The molecule has 0 amide bonds. The molecule has 0 saturated carbocycles. The van der Waals surface area contributed by atoms with E-state index in [0.717, 1.165) is 31.5 Å². The zero-order chi connectivity index (χ0) is 32.6. The molecule has 1 aliphatic rings. The molecule has 8 nitrogen and oxygen atoms in total. The van der Waals surface area contributed by atoms with Crippen LogP contribution in [0.3, 0.4) is 0 Å². The van der Waals surface area contributed by atoms with Crippen LogP contribution in [0.4, 0.5) is 30.2 Å². The minimum atomic E-state index is -1.15. The number of pyridine rings is 1. The van der Waals surface area contributed by atoms with Gasteiger partial charge in [0.05, 0.1) is 40.1 Å². The van der Waals surface area contributed by atoms with Crippen LogP contribution in [-0.4, -0.2) is 43.5 Å². The first-order valence-corrected chi connectivity index (χ1v) is 15.3. The molecule has 0 spiro atoms. The monoisotopic (exact) mass is 644 g/mol. The number of likely N-dealkylation sites (tertiary alicyclic amines) is 1. The lowest BCUT2D eigenvalue weighted by Crippen LogP contribution is -2.46. The Hall–Kier alpha value is -4.66. The summed E-state index contributed by atoms with van der Waals surface area (Å²) in [5.41, 5.74) is 2.06. The smallest absolute Gasteiger partial charge is 0.152 e. The molecule has 12 heteroatoms. The zero-order valence-electron chi connectivity index (χ0n) is 25.5.